The minimum Gasteiger partial charge on any atom is -0.387 e. The minimum atomic E-state index is -0.897. The van der Waals surface area contributed by atoms with Gasteiger partial charge in [0.05, 0.1) is 6.10 Å². The number of aryl methyl sites for hydroxylation is 1. The molecule has 0 aliphatic rings. The molecule has 0 amide bonds. The van der Waals surface area contributed by atoms with E-state index in [0.717, 1.165) is 5.56 Å². The topological polar surface area (TPSA) is 46.2 Å². The van der Waals surface area contributed by atoms with Crippen LogP contribution in [0.15, 0.2) is 18.2 Å². The van der Waals surface area contributed by atoms with E-state index in [2.05, 4.69) is 0 Å². The molecular weight excluding hydrogens is 157 g/mol. The summed E-state index contributed by atoms with van der Waals surface area (Å²) in [5, 5.41) is 9.33. The molecule has 0 aromatic heterocycles. The summed E-state index contributed by atoms with van der Waals surface area (Å²) in [5.74, 6) is -0.395. The van der Waals surface area contributed by atoms with Gasteiger partial charge in [-0.25, -0.2) is 4.39 Å². The summed E-state index contributed by atoms with van der Waals surface area (Å²) in [4.78, 5) is 0. The first-order valence-electron chi connectivity index (χ1n) is 3.80. The zero-order valence-corrected chi connectivity index (χ0v) is 6.92. The maximum Gasteiger partial charge on any atom is 0.129 e. The molecule has 3 heteroatoms. The Morgan fingerprint density at radius 3 is 2.75 bits per heavy atom. The summed E-state index contributed by atoms with van der Waals surface area (Å²) in [5.41, 5.74) is 6.26. The molecule has 0 spiro atoms. The number of aliphatic hydroxyl groups is 1. The fourth-order valence-corrected chi connectivity index (χ4v) is 1.18. The smallest absolute Gasteiger partial charge is 0.129 e. The third-order valence-corrected chi connectivity index (χ3v) is 1.83. The van der Waals surface area contributed by atoms with Crippen molar-refractivity contribution in [3.63, 3.8) is 0 Å². The third-order valence-electron chi connectivity index (χ3n) is 1.83. The van der Waals surface area contributed by atoms with Gasteiger partial charge in [0.1, 0.15) is 5.82 Å². The first-order chi connectivity index (χ1) is 5.66. The minimum absolute atomic E-state index is 0.0434. The fourth-order valence-electron chi connectivity index (χ4n) is 1.18. The van der Waals surface area contributed by atoms with Crippen molar-refractivity contribution in [1.29, 1.82) is 0 Å². The van der Waals surface area contributed by atoms with Gasteiger partial charge in [0.15, 0.2) is 0 Å². The highest BCUT2D eigenvalue weighted by molar-refractivity contribution is 5.29. The monoisotopic (exact) mass is 169 g/mol. The molecule has 12 heavy (non-hydrogen) atoms. The molecule has 1 aromatic rings. The first kappa shape index (κ1) is 9.16. The van der Waals surface area contributed by atoms with Gasteiger partial charge in [-0.05, 0) is 18.6 Å². The van der Waals surface area contributed by atoms with E-state index in [-0.39, 0.29) is 6.54 Å². The van der Waals surface area contributed by atoms with Gasteiger partial charge in [-0.1, -0.05) is 12.1 Å². The van der Waals surface area contributed by atoms with Crippen LogP contribution >= 0.6 is 0 Å². The van der Waals surface area contributed by atoms with E-state index in [0.29, 0.717) is 5.56 Å². The lowest BCUT2D eigenvalue weighted by Gasteiger charge is -2.11. The molecule has 0 heterocycles. The average Bonchev–Trinajstić information content (AvgIpc) is 2.03. The van der Waals surface area contributed by atoms with Gasteiger partial charge in [-0.3, -0.25) is 0 Å². The van der Waals surface area contributed by atoms with Gasteiger partial charge in [0.2, 0.25) is 0 Å². The second-order valence-corrected chi connectivity index (χ2v) is 2.72. The van der Waals surface area contributed by atoms with Crippen molar-refractivity contribution in [3.8, 4) is 0 Å². The Bertz CT molecular complexity index is 255. The Hall–Kier alpha value is -0.930. The SMILES string of the molecule is Cc1cccc(F)c1[C@@H](O)CN. The largest absolute Gasteiger partial charge is 0.387 e. The Labute approximate surface area is 70.8 Å². The summed E-state index contributed by atoms with van der Waals surface area (Å²) in [6.07, 6.45) is -0.897. The van der Waals surface area contributed by atoms with Crippen molar-refractivity contribution in [2.45, 2.75) is 13.0 Å². The Morgan fingerprint density at radius 2 is 2.25 bits per heavy atom. The maximum absolute atomic E-state index is 13.1. The third kappa shape index (κ3) is 1.62. The fraction of sp³-hybridized carbons (Fsp3) is 0.333. The van der Waals surface area contributed by atoms with Gasteiger partial charge in [-0.2, -0.15) is 0 Å². The van der Waals surface area contributed by atoms with E-state index in [9.17, 15) is 9.50 Å². The number of nitrogens with two attached hydrogens (primary N) is 1. The molecule has 0 saturated heterocycles. The Balaban J connectivity index is 3.12. The summed E-state index contributed by atoms with van der Waals surface area (Å²) in [7, 11) is 0. The van der Waals surface area contributed by atoms with Gasteiger partial charge >= 0.3 is 0 Å². The van der Waals surface area contributed by atoms with Crippen LogP contribution in [0, 0.1) is 12.7 Å². The lowest BCUT2D eigenvalue weighted by molar-refractivity contribution is 0.181. The van der Waals surface area contributed by atoms with E-state index in [1.165, 1.54) is 6.07 Å². The highest BCUT2D eigenvalue weighted by Gasteiger charge is 2.12. The van der Waals surface area contributed by atoms with Crippen molar-refractivity contribution < 1.29 is 9.50 Å². The van der Waals surface area contributed by atoms with Crippen LogP contribution in [0.3, 0.4) is 0 Å². The predicted octanol–water partition coefficient (Wildman–Crippen LogP) is 1.13. The van der Waals surface area contributed by atoms with E-state index < -0.39 is 11.9 Å². The number of hydrogen-bond acceptors (Lipinski definition) is 2. The Morgan fingerprint density at radius 1 is 1.58 bits per heavy atom. The van der Waals surface area contributed by atoms with Crippen LogP contribution in [-0.2, 0) is 0 Å². The van der Waals surface area contributed by atoms with Crippen LogP contribution in [-0.4, -0.2) is 11.7 Å². The zero-order valence-electron chi connectivity index (χ0n) is 6.92. The number of hydrogen-bond donors (Lipinski definition) is 2. The highest BCUT2D eigenvalue weighted by atomic mass is 19.1. The van der Waals surface area contributed by atoms with E-state index in [1.807, 2.05) is 0 Å². The number of rotatable bonds is 2. The lowest BCUT2D eigenvalue weighted by atomic mass is 10.0. The van der Waals surface area contributed by atoms with Crippen LogP contribution < -0.4 is 5.73 Å². The van der Waals surface area contributed by atoms with Crippen LogP contribution in [0.4, 0.5) is 4.39 Å². The number of benzene rings is 1. The highest BCUT2D eigenvalue weighted by Crippen LogP contribution is 2.19. The number of halogens is 1. The Kier molecular flexibility index (Phi) is 2.78. The molecule has 0 saturated carbocycles. The molecule has 66 valence electrons. The second kappa shape index (κ2) is 3.65. The predicted molar refractivity (Wildman–Crippen MR) is 45.2 cm³/mol. The van der Waals surface area contributed by atoms with Gasteiger partial charge in [0, 0.05) is 12.1 Å². The van der Waals surface area contributed by atoms with Gasteiger partial charge < -0.3 is 10.8 Å². The summed E-state index contributed by atoms with van der Waals surface area (Å²) in [6, 6.07) is 4.68. The van der Waals surface area contributed by atoms with E-state index in [1.54, 1.807) is 19.1 Å². The molecule has 1 aromatic carbocycles. The van der Waals surface area contributed by atoms with E-state index in [4.69, 9.17) is 5.73 Å². The van der Waals surface area contributed by atoms with Crippen molar-refractivity contribution in [3.05, 3.63) is 35.1 Å². The van der Waals surface area contributed by atoms with Crippen molar-refractivity contribution >= 4 is 0 Å². The molecule has 0 radical (unpaired) electrons. The molecular formula is C9H12FNO. The van der Waals surface area contributed by atoms with Crippen molar-refractivity contribution in [2.75, 3.05) is 6.54 Å². The molecule has 2 nitrogen and oxygen atoms in total. The maximum atomic E-state index is 13.1. The molecule has 0 unspecified atom stereocenters. The summed E-state index contributed by atoms with van der Waals surface area (Å²) >= 11 is 0. The van der Waals surface area contributed by atoms with Crippen molar-refractivity contribution in [1.82, 2.24) is 0 Å². The van der Waals surface area contributed by atoms with Crippen LogP contribution in [0.1, 0.15) is 17.2 Å². The van der Waals surface area contributed by atoms with Crippen LogP contribution in [0.5, 0.6) is 0 Å². The quantitative estimate of drug-likeness (QED) is 0.697. The molecule has 1 atom stereocenters. The molecule has 0 fully saturated rings. The molecule has 0 aliphatic heterocycles. The summed E-state index contributed by atoms with van der Waals surface area (Å²) < 4.78 is 13.1. The van der Waals surface area contributed by atoms with Gasteiger partial charge in [-0.15, -0.1) is 0 Å². The van der Waals surface area contributed by atoms with Crippen LogP contribution in [0.2, 0.25) is 0 Å². The van der Waals surface area contributed by atoms with Crippen LogP contribution in [0.25, 0.3) is 0 Å². The lowest BCUT2D eigenvalue weighted by Crippen LogP contribution is -2.14. The first-order valence-corrected chi connectivity index (χ1v) is 3.80. The standard InChI is InChI=1S/C9H12FNO/c1-6-3-2-4-7(10)9(6)8(12)5-11/h2-4,8,12H,5,11H2,1H3/t8-/m0/s1. The second-order valence-electron chi connectivity index (χ2n) is 2.72. The number of aliphatic hydroxyl groups excluding tert-OH is 1. The molecule has 0 aliphatic carbocycles. The normalized spacial score (nSPS) is 13.0. The van der Waals surface area contributed by atoms with Crippen molar-refractivity contribution in [2.24, 2.45) is 5.73 Å². The molecule has 1 rings (SSSR count). The molecule has 0 bridgehead atoms. The van der Waals surface area contributed by atoms with Gasteiger partial charge in [0.25, 0.3) is 0 Å². The molecule has 3 N–H and O–H groups in total. The van der Waals surface area contributed by atoms with E-state index >= 15 is 0 Å². The zero-order chi connectivity index (χ0) is 9.14. The summed E-state index contributed by atoms with van der Waals surface area (Å²) in [6.45, 7) is 1.79. The average molecular weight is 169 g/mol.